The van der Waals surface area contributed by atoms with Gasteiger partial charge in [-0.05, 0) is 87.7 Å². The number of carbonyl (C=O) groups is 1. The van der Waals surface area contributed by atoms with Crippen molar-refractivity contribution < 1.29 is 27.2 Å². The first-order chi connectivity index (χ1) is 17.5. The van der Waals surface area contributed by atoms with Gasteiger partial charge in [0.15, 0.2) is 5.82 Å². The van der Waals surface area contributed by atoms with Crippen molar-refractivity contribution in [1.82, 2.24) is 10.1 Å². The molecule has 1 aromatic heterocycles. The zero-order valence-corrected chi connectivity index (χ0v) is 21.5. The lowest BCUT2D eigenvalue weighted by Gasteiger charge is -2.66. The Morgan fingerprint density at radius 3 is 2.35 bits per heavy atom. The molecule has 37 heavy (non-hydrogen) atoms. The fourth-order valence-corrected chi connectivity index (χ4v) is 7.48. The summed E-state index contributed by atoms with van der Waals surface area (Å²) in [5.74, 6) is -2.64. The Morgan fingerprint density at radius 2 is 1.78 bits per heavy atom. The monoisotopic (exact) mass is 517 g/mol. The highest BCUT2D eigenvalue weighted by atomic mass is 19.3. The Bertz CT molecular complexity index is 1160. The molecule has 6 aliphatic carbocycles. The standard InChI is InChI=1S/C28H34F3N3O3/c1-3-36-20-6-4-5-19(13-20)34(21(35)14-26-15-28(31,16-26)17-26)18-25-7-10-27(11-8-25,12-9-25)22-32-23(37-33-22)24(2,29)30/h4-6,13H,3,7-12,14-18H2,1-2H3. The van der Waals surface area contributed by atoms with Crippen molar-refractivity contribution >= 4 is 11.6 Å². The number of benzene rings is 1. The van der Waals surface area contributed by atoms with Crippen LogP contribution >= 0.6 is 0 Å². The van der Waals surface area contributed by atoms with Gasteiger partial charge in [0.05, 0.1) is 6.61 Å². The number of ether oxygens (including phenoxy) is 1. The molecular formula is C28H34F3N3O3. The zero-order valence-electron chi connectivity index (χ0n) is 21.5. The molecule has 0 spiro atoms. The van der Waals surface area contributed by atoms with Crippen molar-refractivity contribution in [1.29, 1.82) is 0 Å². The molecule has 0 N–H and O–H groups in total. The Kier molecular flexibility index (Phi) is 5.49. The van der Waals surface area contributed by atoms with Crippen molar-refractivity contribution in [3.05, 3.63) is 36.0 Å². The van der Waals surface area contributed by atoms with Crippen molar-refractivity contribution in [2.45, 2.75) is 95.1 Å². The van der Waals surface area contributed by atoms with E-state index >= 15 is 0 Å². The van der Waals surface area contributed by atoms with Gasteiger partial charge in [0.1, 0.15) is 11.4 Å². The number of fused-ring (bicyclic) bond motifs is 3. The van der Waals surface area contributed by atoms with Crippen LogP contribution in [-0.2, 0) is 16.1 Å². The summed E-state index contributed by atoms with van der Waals surface area (Å²) in [6.45, 7) is 3.81. The third-order valence-corrected chi connectivity index (χ3v) is 9.51. The number of anilines is 1. The predicted octanol–water partition coefficient (Wildman–Crippen LogP) is 6.49. The topological polar surface area (TPSA) is 68.5 Å². The summed E-state index contributed by atoms with van der Waals surface area (Å²) in [6.07, 6.45) is 6.74. The Hall–Kier alpha value is -2.58. The molecule has 6 aliphatic rings. The van der Waals surface area contributed by atoms with E-state index < -0.39 is 17.5 Å². The molecule has 0 aliphatic heterocycles. The molecule has 1 aromatic carbocycles. The second kappa shape index (κ2) is 8.21. The summed E-state index contributed by atoms with van der Waals surface area (Å²) in [4.78, 5) is 19.7. The number of hydrogen-bond acceptors (Lipinski definition) is 5. The van der Waals surface area contributed by atoms with Crippen LogP contribution in [0.3, 0.4) is 0 Å². The second-order valence-electron chi connectivity index (χ2n) is 12.4. The Balaban J connectivity index is 1.21. The van der Waals surface area contributed by atoms with Crippen LogP contribution in [0.25, 0.3) is 0 Å². The summed E-state index contributed by atoms with van der Waals surface area (Å²) in [5.41, 5.74) is -0.820. The predicted molar refractivity (Wildman–Crippen MR) is 130 cm³/mol. The van der Waals surface area contributed by atoms with E-state index in [1.165, 1.54) is 0 Å². The van der Waals surface area contributed by atoms with Crippen LogP contribution in [0.15, 0.2) is 28.8 Å². The molecule has 1 heterocycles. The van der Waals surface area contributed by atoms with Crippen molar-refractivity contribution in [3.63, 3.8) is 0 Å². The second-order valence-corrected chi connectivity index (χ2v) is 12.4. The van der Waals surface area contributed by atoms with Gasteiger partial charge in [0.25, 0.3) is 5.89 Å². The number of carbonyl (C=O) groups excluding carboxylic acids is 1. The van der Waals surface area contributed by atoms with Gasteiger partial charge in [-0.1, -0.05) is 11.2 Å². The molecule has 6 nitrogen and oxygen atoms in total. The lowest BCUT2D eigenvalue weighted by atomic mass is 9.41. The summed E-state index contributed by atoms with van der Waals surface area (Å²) in [7, 11) is 0. The van der Waals surface area contributed by atoms with Gasteiger partial charge in [0.2, 0.25) is 5.91 Å². The molecule has 0 radical (unpaired) electrons. The summed E-state index contributed by atoms with van der Waals surface area (Å²) in [6, 6.07) is 7.65. The molecule has 4 bridgehead atoms. The van der Waals surface area contributed by atoms with Crippen molar-refractivity contribution in [2.24, 2.45) is 10.8 Å². The molecule has 200 valence electrons. The third-order valence-electron chi connectivity index (χ3n) is 9.51. The lowest BCUT2D eigenvalue weighted by Crippen LogP contribution is -2.65. The molecule has 0 saturated heterocycles. The highest BCUT2D eigenvalue weighted by Gasteiger charge is 2.69. The fraction of sp³-hybridized carbons (Fsp3) is 0.679. The van der Waals surface area contributed by atoms with E-state index in [4.69, 9.17) is 9.26 Å². The first-order valence-corrected chi connectivity index (χ1v) is 13.4. The van der Waals surface area contributed by atoms with E-state index in [1.54, 1.807) is 0 Å². The number of rotatable bonds is 9. The maximum Gasteiger partial charge on any atom is 0.322 e. The molecule has 6 fully saturated rings. The molecule has 0 unspecified atom stereocenters. The van der Waals surface area contributed by atoms with E-state index in [0.717, 1.165) is 56.9 Å². The van der Waals surface area contributed by atoms with Crippen LogP contribution in [0.5, 0.6) is 5.75 Å². The van der Waals surface area contributed by atoms with E-state index in [2.05, 4.69) is 10.1 Å². The third kappa shape index (κ3) is 4.22. The number of nitrogens with zero attached hydrogens (tertiary/aromatic N) is 3. The minimum atomic E-state index is -3.16. The Labute approximate surface area is 214 Å². The van der Waals surface area contributed by atoms with Crippen LogP contribution in [0.2, 0.25) is 0 Å². The molecule has 0 atom stereocenters. The lowest BCUT2D eigenvalue weighted by molar-refractivity contribution is -0.215. The van der Waals surface area contributed by atoms with Crippen LogP contribution in [-0.4, -0.2) is 34.9 Å². The Morgan fingerprint density at radius 1 is 1.11 bits per heavy atom. The van der Waals surface area contributed by atoms with Crippen LogP contribution in [0.1, 0.15) is 89.8 Å². The summed E-state index contributed by atoms with van der Waals surface area (Å²) >= 11 is 0. The first-order valence-electron chi connectivity index (χ1n) is 13.4. The number of halogens is 3. The molecule has 1 amide bonds. The quantitative estimate of drug-likeness (QED) is 0.380. The average Bonchev–Trinajstić information content (AvgIpc) is 3.35. The number of alkyl halides is 3. The first kappa shape index (κ1) is 24.7. The molecule has 9 heteroatoms. The summed E-state index contributed by atoms with van der Waals surface area (Å²) < 4.78 is 52.2. The van der Waals surface area contributed by atoms with Gasteiger partial charge in [0, 0.05) is 37.1 Å². The minimum Gasteiger partial charge on any atom is -0.494 e. The van der Waals surface area contributed by atoms with Gasteiger partial charge >= 0.3 is 5.92 Å². The van der Waals surface area contributed by atoms with Crippen LogP contribution < -0.4 is 9.64 Å². The molecule has 2 aromatic rings. The van der Waals surface area contributed by atoms with Crippen LogP contribution in [0, 0.1) is 10.8 Å². The highest BCUT2D eigenvalue weighted by Crippen LogP contribution is 2.71. The van der Waals surface area contributed by atoms with Gasteiger partial charge in [-0.3, -0.25) is 4.79 Å². The molecule has 8 rings (SSSR count). The normalized spacial score (nSPS) is 34.0. The maximum atomic E-state index is 14.2. The van der Waals surface area contributed by atoms with E-state index in [-0.39, 0.29) is 22.2 Å². The average molecular weight is 518 g/mol. The molecule has 6 saturated carbocycles. The van der Waals surface area contributed by atoms with Gasteiger partial charge in [-0.25, -0.2) is 4.39 Å². The number of amides is 1. The van der Waals surface area contributed by atoms with Gasteiger partial charge in [-0.2, -0.15) is 13.8 Å². The summed E-state index contributed by atoms with van der Waals surface area (Å²) in [5, 5.41) is 3.95. The van der Waals surface area contributed by atoms with E-state index in [9.17, 15) is 18.0 Å². The fourth-order valence-electron chi connectivity index (χ4n) is 7.48. The smallest absolute Gasteiger partial charge is 0.322 e. The SMILES string of the molecule is CCOc1cccc(N(CC23CCC(c4noc(C(C)(F)F)n4)(CC2)CC3)C(=O)CC23CC(F)(C2)C3)c1. The minimum absolute atomic E-state index is 0.0418. The van der Waals surface area contributed by atoms with E-state index in [0.29, 0.717) is 44.7 Å². The van der Waals surface area contributed by atoms with Crippen molar-refractivity contribution in [3.8, 4) is 5.75 Å². The maximum absolute atomic E-state index is 14.2. The van der Waals surface area contributed by atoms with E-state index in [1.807, 2.05) is 36.1 Å². The highest BCUT2D eigenvalue weighted by molar-refractivity contribution is 5.94. The van der Waals surface area contributed by atoms with Gasteiger partial charge < -0.3 is 14.2 Å². The van der Waals surface area contributed by atoms with Gasteiger partial charge in [-0.15, -0.1) is 0 Å². The largest absolute Gasteiger partial charge is 0.494 e. The zero-order chi connectivity index (χ0) is 26.1. The molecular weight excluding hydrogens is 483 g/mol. The van der Waals surface area contributed by atoms with Crippen LogP contribution in [0.4, 0.5) is 18.9 Å². The number of aromatic nitrogens is 2. The number of hydrogen-bond donors (Lipinski definition) is 0. The van der Waals surface area contributed by atoms with Crippen molar-refractivity contribution in [2.75, 3.05) is 18.1 Å².